The molecule has 21 heavy (non-hydrogen) atoms. The fourth-order valence-corrected chi connectivity index (χ4v) is 2.17. The maximum Gasteiger partial charge on any atom is 0.224 e. The number of nitrogens with zero attached hydrogens (tertiary/aromatic N) is 3. The molecular weight excluding hydrogens is 288 g/mol. The molecule has 0 unspecified atom stereocenters. The van der Waals surface area contributed by atoms with Crippen molar-refractivity contribution in [2.45, 2.75) is 13.0 Å². The largest absolute Gasteiger partial charge is 0.348 e. The summed E-state index contributed by atoms with van der Waals surface area (Å²) in [7, 11) is 0. The number of rotatable bonds is 4. The lowest BCUT2D eigenvalue weighted by molar-refractivity contribution is -0.120. The van der Waals surface area contributed by atoms with Crippen molar-refractivity contribution in [1.82, 2.24) is 19.9 Å². The van der Waals surface area contributed by atoms with E-state index in [1.165, 1.54) is 0 Å². The lowest BCUT2D eigenvalue weighted by Gasteiger charge is -2.04. The molecule has 0 spiro atoms. The molecule has 2 heterocycles. The van der Waals surface area contributed by atoms with Crippen LogP contribution in [0.25, 0.3) is 5.65 Å². The Morgan fingerprint density at radius 3 is 2.76 bits per heavy atom. The van der Waals surface area contributed by atoms with Crippen molar-refractivity contribution in [2.75, 3.05) is 0 Å². The Morgan fingerprint density at radius 2 is 1.95 bits per heavy atom. The first kappa shape index (κ1) is 13.6. The lowest BCUT2D eigenvalue weighted by atomic mass is 10.1. The molecule has 0 saturated carbocycles. The molecule has 1 aromatic carbocycles. The van der Waals surface area contributed by atoms with Gasteiger partial charge < -0.3 is 5.32 Å². The second-order valence-corrected chi connectivity index (χ2v) is 5.06. The Labute approximate surface area is 126 Å². The average molecular weight is 301 g/mol. The van der Waals surface area contributed by atoms with E-state index in [-0.39, 0.29) is 5.91 Å². The van der Waals surface area contributed by atoms with Crippen LogP contribution in [0.15, 0.2) is 48.7 Å². The molecule has 3 aromatic rings. The zero-order valence-corrected chi connectivity index (χ0v) is 11.9. The van der Waals surface area contributed by atoms with Crippen molar-refractivity contribution in [1.29, 1.82) is 0 Å². The molecular formula is C15H13ClN4O. The van der Waals surface area contributed by atoms with E-state index in [9.17, 15) is 4.79 Å². The van der Waals surface area contributed by atoms with E-state index in [0.29, 0.717) is 23.8 Å². The van der Waals surface area contributed by atoms with E-state index in [1.807, 2.05) is 40.9 Å². The zero-order valence-electron chi connectivity index (χ0n) is 11.2. The fourth-order valence-electron chi connectivity index (χ4n) is 2.04. The van der Waals surface area contributed by atoms with Crippen molar-refractivity contribution in [3.8, 4) is 0 Å². The van der Waals surface area contributed by atoms with Gasteiger partial charge in [-0.15, -0.1) is 10.2 Å². The predicted octanol–water partition coefficient (Wildman–Crippen LogP) is 2.24. The Balaban J connectivity index is 1.62. The van der Waals surface area contributed by atoms with Gasteiger partial charge in [0.2, 0.25) is 5.91 Å². The highest BCUT2D eigenvalue weighted by atomic mass is 35.5. The highest BCUT2D eigenvalue weighted by molar-refractivity contribution is 6.30. The number of carbonyl (C=O) groups excluding carboxylic acids is 1. The van der Waals surface area contributed by atoms with Gasteiger partial charge in [-0.3, -0.25) is 9.20 Å². The summed E-state index contributed by atoms with van der Waals surface area (Å²) in [6.07, 6.45) is 2.18. The van der Waals surface area contributed by atoms with E-state index in [2.05, 4.69) is 15.5 Å². The molecule has 0 fully saturated rings. The van der Waals surface area contributed by atoms with Crippen LogP contribution in [-0.4, -0.2) is 20.5 Å². The van der Waals surface area contributed by atoms with E-state index < -0.39 is 0 Å². The number of pyridine rings is 1. The van der Waals surface area contributed by atoms with Crippen molar-refractivity contribution >= 4 is 23.2 Å². The molecule has 1 N–H and O–H groups in total. The summed E-state index contributed by atoms with van der Waals surface area (Å²) in [5, 5.41) is 11.6. The van der Waals surface area contributed by atoms with Crippen LogP contribution in [0.1, 0.15) is 11.4 Å². The van der Waals surface area contributed by atoms with Crippen LogP contribution in [0.5, 0.6) is 0 Å². The summed E-state index contributed by atoms with van der Waals surface area (Å²) in [6.45, 7) is 0.345. The molecule has 2 aromatic heterocycles. The molecule has 0 aliphatic rings. The van der Waals surface area contributed by atoms with Gasteiger partial charge in [-0.2, -0.15) is 0 Å². The van der Waals surface area contributed by atoms with Gasteiger partial charge in [-0.25, -0.2) is 0 Å². The number of carbonyl (C=O) groups is 1. The highest BCUT2D eigenvalue weighted by Crippen LogP contribution is 2.10. The molecule has 0 atom stereocenters. The molecule has 1 amide bonds. The Morgan fingerprint density at radius 1 is 1.14 bits per heavy atom. The average Bonchev–Trinajstić information content (AvgIpc) is 2.91. The smallest absolute Gasteiger partial charge is 0.224 e. The predicted molar refractivity (Wildman–Crippen MR) is 80.0 cm³/mol. The second kappa shape index (κ2) is 5.93. The summed E-state index contributed by atoms with van der Waals surface area (Å²) >= 11 is 5.81. The van der Waals surface area contributed by atoms with Gasteiger partial charge in [0.25, 0.3) is 0 Å². The zero-order chi connectivity index (χ0) is 14.7. The van der Waals surface area contributed by atoms with Crippen molar-refractivity contribution < 1.29 is 4.79 Å². The van der Waals surface area contributed by atoms with Gasteiger partial charge in [-0.1, -0.05) is 29.8 Å². The molecule has 0 aliphatic carbocycles. The number of hydrogen-bond acceptors (Lipinski definition) is 3. The number of nitrogens with one attached hydrogen (secondary N) is 1. The molecule has 5 nitrogen and oxygen atoms in total. The Bertz CT molecular complexity index is 767. The number of benzene rings is 1. The quantitative estimate of drug-likeness (QED) is 0.804. The van der Waals surface area contributed by atoms with Gasteiger partial charge in [0.05, 0.1) is 13.0 Å². The maximum absolute atomic E-state index is 11.9. The van der Waals surface area contributed by atoms with Crippen molar-refractivity contribution in [3.05, 3.63) is 65.1 Å². The van der Waals surface area contributed by atoms with E-state index in [1.54, 1.807) is 12.1 Å². The third kappa shape index (κ3) is 3.20. The molecule has 106 valence electrons. The van der Waals surface area contributed by atoms with Crippen LogP contribution in [0.3, 0.4) is 0 Å². The number of hydrogen-bond donors (Lipinski definition) is 1. The lowest BCUT2D eigenvalue weighted by Crippen LogP contribution is -2.25. The van der Waals surface area contributed by atoms with Gasteiger partial charge in [-0.05, 0) is 29.8 Å². The molecule has 0 aliphatic heterocycles. The standard InChI is InChI=1S/C15H13ClN4O/c16-12-6-4-11(5-7-12)9-15(21)17-10-14-19-18-13-3-1-2-8-20(13)14/h1-8H,9-10H2,(H,17,21). The van der Waals surface area contributed by atoms with Gasteiger partial charge >= 0.3 is 0 Å². The molecule has 6 heteroatoms. The third-order valence-electron chi connectivity index (χ3n) is 3.11. The SMILES string of the molecule is O=C(Cc1ccc(Cl)cc1)NCc1nnc2ccccn12. The minimum atomic E-state index is -0.0648. The molecule has 0 bridgehead atoms. The molecule has 0 saturated heterocycles. The first-order valence-corrected chi connectivity index (χ1v) is 6.90. The van der Waals surface area contributed by atoms with E-state index in [0.717, 1.165) is 11.2 Å². The third-order valence-corrected chi connectivity index (χ3v) is 3.36. The highest BCUT2D eigenvalue weighted by Gasteiger charge is 2.07. The number of aromatic nitrogens is 3. The Kier molecular flexibility index (Phi) is 3.83. The van der Waals surface area contributed by atoms with E-state index in [4.69, 9.17) is 11.6 Å². The maximum atomic E-state index is 11.9. The fraction of sp³-hybridized carbons (Fsp3) is 0.133. The summed E-state index contributed by atoms with van der Waals surface area (Å²) in [5.41, 5.74) is 1.68. The number of fused-ring (bicyclic) bond motifs is 1. The summed E-state index contributed by atoms with van der Waals surface area (Å²) < 4.78 is 1.85. The first-order chi connectivity index (χ1) is 10.2. The van der Waals surface area contributed by atoms with Crippen LogP contribution in [0, 0.1) is 0 Å². The summed E-state index contributed by atoms with van der Waals surface area (Å²) in [5.74, 6) is 0.639. The number of amides is 1. The minimum absolute atomic E-state index is 0.0648. The summed E-state index contributed by atoms with van der Waals surface area (Å²) in [6, 6.07) is 12.9. The van der Waals surface area contributed by atoms with Gasteiger partial charge in [0.15, 0.2) is 11.5 Å². The van der Waals surface area contributed by atoms with Crippen molar-refractivity contribution in [2.24, 2.45) is 0 Å². The topological polar surface area (TPSA) is 59.3 Å². The van der Waals surface area contributed by atoms with Crippen LogP contribution in [0.2, 0.25) is 5.02 Å². The van der Waals surface area contributed by atoms with Crippen LogP contribution < -0.4 is 5.32 Å². The molecule has 3 rings (SSSR count). The van der Waals surface area contributed by atoms with Crippen LogP contribution >= 0.6 is 11.6 Å². The molecule has 0 radical (unpaired) electrons. The van der Waals surface area contributed by atoms with Crippen LogP contribution in [0.4, 0.5) is 0 Å². The van der Waals surface area contributed by atoms with Crippen LogP contribution in [-0.2, 0) is 17.8 Å². The van der Waals surface area contributed by atoms with Crippen molar-refractivity contribution in [3.63, 3.8) is 0 Å². The monoisotopic (exact) mass is 300 g/mol. The summed E-state index contributed by atoms with van der Waals surface area (Å²) in [4.78, 5) is 11.9. The van der Waals surface area contributed by atoms with Gasteiger partial charge in [0, 0.05) is 11.2 Å². The normalized spacial score (nSPS) is 10.7. The Hall–Kier alpha value is -2.40. The first-order valence-electron chi connectivity index (χ1n) is 6.52. The minimum Gasteiger partial charge on any atom is -0.348 e. The number of halogens is 1. The van der Waals surface area contributed by atoms with Gasteiger partial charge in [0.1, 0.15) is 0 Å². The second-order valence-electron chi connectivity index (χ2n) is 4.63. The van der Waals surface area contributed by atoms with E-state index >= 15 is 0 Å².